The second kappa shape index (κ2) is 13.3. The molecule has 0 bridgehead atoms. The maximum atomic E-state index is 5.80. The van der Waals surface area contributed by atoms with Crippen LogP contribution in [0.5, 0.6) is 0 Å². The minimum Gasteiger partial charge on any atom is -0.381 e. The molecule has 1 fully saturated rings. The molecule has 0 aliphatic carbocycles. The highest BCUT2D eigenvalue weighted by Gasteiger charge is 2.13. The van der Waals surface area contributed by atoms with Gasteiger partial charge in [0.15, 0.2) is 5.96 Å². The van der Waals surface area contributed by atoms with Crippen LogP contribution in [0.2, 0.25) is 0 Å². The van der Waals surface area contributed by atoms with Crippen LogP contribution < -0.4 is 15.5 Å². The number of ether oxygens (including phenoxy) is 2. The molecule has 1 aliphatic rings. The van der Waals surface area contributed by atoms with Crippen molar-refractivity contribution in [2.75, 3.05) is 58.0 Å². The zero-order valence-electron chi connectivity index (χ0n) is 17.7. The van der Waals surface area contributed by atoms with E-state index in [9.17, 15) is 0 Å². The Kier molecular flexibility index (Phi) is 10.7. The zero-order chi connectivity index (χ0) is 20.0. The maximum Gasteiger partial charge on any atom is 0.191 e. The van der Waals surface area contributed by atoms with Gasteiger partial charge in [-0.2, -0.15) is 0 Å². The van der Waals surface area contributed by atoms with Crippen molar-refractivity contribution in [3.63, 3.8) is 0 Å². The van der Waals surface area contributed by atoms with E-state index in [1.165, 1.54) is 0 Å². The van der Waals surface area contributed by atoms with Crippen LogP contribution in [0.4, 0.5) is 5.82 Å². The molecule has 1 aromatic rings. The van der Waals surface area contributed by atoms with Gasteiger partial charge in [-0.1, -0.05) is 6.07 Å². The average molecular weight is 392 g/mol. The van der Waals surface area contributed by atoms with Gasteiger partial charge in [-0.15, -0.1) is 0 Å². The molecule has 2 N–H and O–H groups in total. The van der Waals surface area contributed by atoms with Crippen LogP contribution in [0, 0.1) is 5.92 Å². The normalized spacial score (nSPS) is 15.5. The van der Waals surface area contributed by atoms with Crippen LogP contribution >= 0.6 is 0 Å². The van der Waals surface area contributed by atoms with E-state index < -0.39 is 0 Å². The Bertz CT molecular complexity index is 554. The molecule has 0 aromatic carbocycles. The monoisotopic (exact) mass is 391 g/mol. The molecule has 2 heterocycles. The number of aliphatic imine (C=N–C) groups is 1. The predicted molar refractivity (Wildman–Crippen MR) is 115 cm³/mol. The van der Waals surface area contributed by atoms with Gasteiger partial charge in [0, 0.05) is 65.9 Å². The summed E-state index contributed by atoms with van der Waals surface area (Å²) in [5, 5.41) is 6.67. The molecule has 158 valence electrons. The zero-order valence-corrected chi connectivity index (χ0v) is 17.7. The highest BCUT2D eigenvalue weighted by molar-refractivity contribution is 5.79. The average Bonchev–Trinajstić information content (AvgIpc) is 2.75. The summed E-state index contributed by atoms with van der Waals surface area (Å²) in [7, 11) is 1.79. The number of rotatable bonds is 11. The lowest BCUT2D eigenvalue weighted by Crippen LogP contribution is -2.37. The third-order valence-corrected chi connectivity index (χ3v) is 5.03. The summed E-state index contributed by atoms with van der Waals surface area (Å²) in [6.07, 6.45) is 5.14. The molecule has 0 amide bonds. The third-order valence-electron chi connectivity index (χ3n) is 5.03. The van der Waals surface area contributed by atoms with E-state index in [-0.39, 0.29) is 0 Å². The minimum atomic E-state index is 0.665. The van der Waals surface area contributed by atoms with Crippen LogP contribution in [-0.4, -0.2) is 64.1 Å². The van der Waals surface area contributed by atoms with E-state index in [1.807, 2.05) is 6.20 Å². The van der Waals surface area contributed by atoms with Crippen LogP contribution in [0.1, 0.15) is 38.7 Å². The Balaban J connectivity index is 1.59. The lowest BCUT2D eigenvalue weighted by atomic mass is 10.0. The first-order valence-electron chi connectivity index (χ1n) is 10.6. The highest BCUT2D eigenvalue weighted by Crippen LogP contribution is 2.14. The van der Waals surface area contributed by atoms with Crippen LogP contribution in [0.25, 0.3) is 0 Å². The predicted octanol–water partition coefficient (Wildman–Crippen LogP) is 2.43. The second-order valence-corrected chi connectivity index (χ2v) is 7.03. The van der Waals surface area contributed by atoms with E-state index in [0.29, 0.717) is 12.5 Å². The largest absolute Gasteiger partial charge is 0.381 e. The van der Waals surface area contributed by atoms with Crippen molar-refractivity contribution in [3.05, 3.63) is 23.9 Å². The Morgan fingerprint density at radius 3 is 2.68 bits per heavy atom. The van der Waals surface area contributed by atoms with Crippen molar-refractivity contribution in [2.45, 2.75) is 39.7 Å². The quantitative estimate of drug-likeness (QED) is 0.343. The summed E-state index contributed by atoms with van der Waals surface area (Å²) >= 11 is 0. The standard InChI is InChI=1S/C21H37N5O2/c1-4-26(5-2)20-8-7-19(15-24-20)16-25-21(22-3)23-11-6-12-28-17-18-9-13-27-14-10-18/h7-8,15,18H,4-6,9-14,16-17H2,1-3H3,(H2,22,23,25). The molecule has 7 heteroatoms. The summed E-state index contributed by atoms with van der Waals surface area (Å²) in [5.41, 5.74) is 1.14. The number of aromatic nitrogens is 1. The first kappa shape index (κ1) is 22.4. The fourth-order valence-corrected chi connectivity index (χ4v) is 3.21. The van der Waals surface area contributed by atoms with Gasteiger partial charge in [-0.05, 0) is 50.7 Å². The number of guanidine groups is 1. The summed E-state index contributed by atoms with van der Waals surface area (Å²) in [6, 6.07) is 4.20. The molecule has 1 aromatic heterocycles. The number of pyridine rings is 1. The number of anilines is 1. The van der Waals surface area contributed by atoms with Crippen molar-refractivity contribution in [1.82, 2.24) is 15.6 Å². The van der Waals surface area contributed by atoms with Crippen LogP contribution in [-0.2, 0) is 16.0 Å². The lowest BCUT2D eigenvalue weighted by molar-refractivity contribution is 0.0203. The smallest absolute Gasteiger partial charge is 0.191 e. The molecule has 0 radical (unpaired) electrons. The molecule has 7 nitrogen and oxygen atoms in total. The van der Waals surface area contributed by atoms with Crippen molar-refractivity contribution >= 4 is 11.8 Å². The Labute approximate surface area is 169 Å². The van der Waals surface area contributed by atoms with E-state index in [2.05, 4.69) is 51.5 Å². The number of hydrogen-bond donors (Lipinski definition) is 2. The molecular weight excluding hydrogens is 354 g/mol. The van der Waals surface area contributed by atoms with E-state index in [4.69, 9.17) is 9.47 Å². The van der Waals surface area contributed by atoms with Gasteiger partial charge < -0.3 is 25.0 Å². The third kappa shape index (κ3) is 8.02. The van der Waals surface area contributed by atoms with Crippen LogP contribution in [0.3, 0.4) is 0 Å². The molecule has 0 saturated carbocycles. The fourth-order valence-electron chi connectivity index (χ4n) is 3.21. The number of nitrogens with zero attached hydrogens (tertiary/aromatic N) is 3. The fraction of sp³-hybridized carbons (Fsp3) is 0.714. The van der Waals surface area contributed by atoms with E-state index in [1.54, 1.807) is 7.05 Å². The summed E-state index contributed by atoms with van der Waals surface area (Å²) in [6.45, 7) is 11.2. The molecule has 1 aliphatic heterocycles. The molecule has 2 rings (SSSR count). The molecule has 1 saturated heterocycles. The first-order chi connectivity index (χ1) is 13.8. The Morgan fingerprint density at radius 2 is 2.04 bits per heavy atom. The van der Waals surface area contributed by atoms with Gasteiger partial charge in [0.05, 0.1) is 0 Å². The summed E-state index contributed by atoms with van der Waals surface area (Å²) in [5.74, 6) is 2.49. The first-order valence-corrected chi connectivity index (χ1v) is 10.6. The van der Waals surface area contributed by atoms with Gasteiger partial charge in [-0.25, -0.2) is 4.98 Å². The van der Waals surface area contributed by atoms with Crippen LogP contribution in [0.15, 0.2) is 23.3 Å². The van der Waals surface area contributed by atoms with Gasteiger partial charge in [-0.3, -0.25) is 4.99 Å². The summed E-state index contributed by atoms with van der Waals surface area (Å²) in [4.78, 5) is 11.1. The minimum absolute atomic E-state index is 0.665. The Morgan fingerprint density at radius 1 is 1.25 bits per heavy atom. The van der Waals surface area contributed by atoms with Gasteiger partial charge in [0.2, 0.25) is 0 Å². The molecule has 0 unspecified atom stereocenters. The van der Waals surface area contributed by atoms with Crippen molar-refractivity contribution in [1.29, 1.82) is 0 Å². The highest BCUT2D eigenvalue weighted by atomic mass is 16.5. The molecular formula is C21H37N5O2. The number of nitrogens with one attached hydrogen (secondary N) is 2. The van der Waals surface area contributed by atoms with Gasteiger partial charge >= 0.3 is 0 Å². The van der Waals surface area contributed by atoms with Gasteiger partial charge in [0.25, 0.3) is 0 Å². The Hall–Kier alpha value is -1.86. The van der Waals surface area contributed by atoms with Crippen molar-refractivity contribution < 1.29 is 9.47 Å². The SMILES string of the molecule is CCN(CC)c1ccc(CNC(=NC)NCCCOCC2CCOCC2)cn1. The van der Waals surface area contributed by atoms with Crippen molar-refractivity contribution in [3.8, 4) is 0 Å². The van der Waals surface area contributed by atoms with Crippen molar-refractivity contribution in [2.24, 2.45) is 10.9 Å². The topological polar surface area (TPSA) is 71.0 Å². The maximum absolute atomic E-state index is 5.80. The lowest BCUT2D eigenvalue weighted by Gasteiger charge is -2.21. The van der Waals surface area contributed by atoms with E-state index in [0.717, 1.165) is 82.7 Å². The summed E-state index contributed by atoms with van der Waals surface area (Å²) < 4.78 is 11.2. The van der Waals surface area contributed by atoms with Gasteiger partial charge in [0.1, 0.15) is 5.82 Å². The molecule has 0 spiro atoms. The second-order valence-electron chi connectivity index (χ2n) is 7.03. The van der Waals surface area contributed by atoms with E-state index >= 15 is 0 Å². The molecule has 28 heavy (non-hydrogen) atoms. The number of hydrogen-bond acceptors (Lipinski definition) is 5. The molecule has 0 atom stereocenters.